The third-order valence-corrected chi connectivity index (χ3v) is 6.22. The first kappa shape index (κ1) is 15.0. The van der Waals surface area contributed by atoms with Crippen LogP contribution in [-0.4, -0.2) is 43.7 Å². The molecule has 3 aliphatic rings. The predicted molar refractivity (Wildman–Crippen MR) is 87.6 cm³/mol. The first-order valence-corrected chi connectivity index (χ1v) is 8.76. The second kappa shape index (κ2) is 5.82. The Labute approximate surface area is 137 Å². The van der Waals surface area contributed by atoms with Crippen molar-refractivity contribution >= 4 is 5.91 Å². The number of carbonyl (C=O) groups excluding carboxylic acids is 1. The highest BCUT2D eigenvalue weighted by Gasteiger charge is 2.55. The van der Waals surface area contributed by atoms with Crippen molar-refractivity contribution in [1.82, 2.24) is 4.90 Å². The van der Waals surface area contributed by atoms with E-state index in [0.717, 1.165) is 50.3 Å². The Morgan fingerprint density at radius 2 is 2.13 bits per heavy atom. The van der Waals surface area contributed by atoms with E-state index in [0.29, 0.717) is 17.4 Å². The largest absolute Gasteiger partial charge is 0.497 e. The molecule has 4 heteroatoms. The van der Waals surface area contributed by atoms with E-state index in [1.165, 1.54) is 12.8 Å². The van der Waals surface area contributed by atoms with Crippen LogP contribution in [-0.2, 0) is 4.74 Å². The van der Waals surface area contributed by atoms with Crippen LogP contribution in [0.25, 0.3) is 0 Å². The molecule has 1 aromatic rings. The zero-order valence-corrected chi connectivity index (χ0v) is 13.8. The maximum atomic E-state index is 13.1. The maximum Gasteiger partial charge on any atom is 0.254 e. The van der Waals surface area contributed by atoms with E-state index in [9.17, 15) is 4.79 Å². The molecule has 0 bridgehead atoms. The van der Waals surface area contributed by atoms with E-state index in [-0.39, 0.29) is 5.91 Å². The van der Waals surface area contributed by atoms with E-state index in [1.54, 1.807) is 7.11 Å². The molecule has 2 atom stereocenters. The van der Waals surface area contributed by atoms with Gasteiger partial charge in [0.1, 0.15) is 5.75 Å². The van der Waals surface area contributed by atoms with Gasteiger partial charge in [-0.25, -0.2) is 0 Å². The standard InChI is InChI=1S/C19H25NO3/c1-22-15-5-2-4-14(12-15)18(21)20-13-19(8-10-23-11-9-19)16-6-3-7-17(16)20/h2,4-5,12,16-17H,3,6-11,13H2,1H3/t16-,17+/m1/s1. The van der Waals surface area contributed by atoms with Crippen molar-refractivity contribution in [3.63, 3.8) is 0 Å². The number of rotatable bonds is 2. The maximum absolute atomic E-state index is 13.1. The molecule has 1 amide bonds. The van der Waals surface area contributed by atoms with E-state index < -0.39 is 0 Å². The summed E-state index contributed by atoms with van der Waals surface area (Å²) in [5, 5.41) is 0. The summed E-state index contributed by atoms with van der Waals surface area (Å²) >= 11 is 0. The molecular formula is C19H25NO3. The van der Waals surface area contributed by atoms with Crippen LogP contribution in [0.2, 0.25) is 0 Å². The number of ether oxygens (including phenoxy) is 2. The van der Waals surface area contributed by atoms with Crippen LogP contribution in [0.3, 0.4) is 0 Å². The highest BCUT2D eigenvalue weighted by atomic mass is 16.5. The lowest BCUT2D eigenvalue weighted by atomic mass is 9.71. The predicted octanol–water partition coefficient (Wildman–Crippen LogP) is 3.12. The smallest absolute Gasteiger partial charge is 0.254 e. The summed E-state index contributed by atoms with van der Waals surface area (Å²) in [5.74, 6) is 1.59. The summed E-state index contributed by atoms with van der Waals surface area (Å²) in [6.07, 6.45) is 5.89. The minimum Gasteiger partial charge on any atom is -0.497 e. The average molecular weight is 315 g/mol. The molecule has 0 radical (unpaired) electrons. The molecule has 0 aromatic heterocycles. The van der Waals surface area contributed by atoms with Gasteiger partial charge in [-0.1, -0.05) is 12.5 Å². The number of hydrogen-bond donors (Lipinski definition) is 0. The Bertz CT molecular complexity index is 594. The second-order valence-electron chi connectivity index (χ2n) is 7.24. The van der Waals surface area contributed by atoms with Crippen LogP contribution in [0, 0.1) is 11.3 Å². The SMILES string of the molecule is COc1cccc(C(=O)N2CC3(CCOCC3)[C@@H]3CCC[C@@H]32)c1. The van der Waals surface area contributed by atoms with Crippen LogP contribution in [0.4, 0.5) is 0 Å². The summed E-state index contributed by atoms with van der Waals surface area (Å²) in [4.78, 5) is 15.3. The van der Waals surface area contributed by atoms with Crippen LogP contribution in [0.5, 0.6) is 5.75 Å². The fourth-order valence-corrected chi connectivity index (χ4v) is 5.05. The van der Waals surface area contributed by atoms with Gasteiger partial charge in [0.05, 0.1) is 7.11 Å². The summed E-state index contributed by atoms with van der Waals surface area (Å²) in [6.45, 7) is 2.61. The minimum absolute atomic E-state index is 0.171. The fourth-order valence-electron chi connectivity index (χ4n) is 5.05. The molecule has 1 aliphatic carbocycles. The summed E-state index contributed by atoms with van der Waals surface area (Å²) < 4.78 is 10.9. The van der Waals surface area contributed by atoms with Gasteiger partial charge < -0.3 is 14.4 Å². The number of methoxy groups -OCH3 is 1. The number of fused-ring (bicyclic) bond motifs is 2. The van der Waals surface area contributed by atoms with Gasteiger partial charge in [0.2, 0.25) is 0 Å². The lowest BCUT2D eigenvalue weighted by Gasteiger charge is -2.37. The summed E-state index contributed by atoms with van der Waals surface area (Å²) in [6, 6.07) is 7.98. The molecule has 0 N–H and O–H groups in total. The van der Waals surface area contributed by atoms with E-state index >= 15 is 0 Å². The van der Waals surface area contributed by atoms with E-state index in [2.05, 4.69) is 4.90 Å². The van der Waals surface area contributed by atoms with Crippen LogP contribution >= 0.6 is 0 Å². The third kappa shape index (κ3) is 2.44. The molecule has 1 spiro atoms. The van der Waals surface area contributed by atoms with Crippen LogP contribution in [0.1, 0.15) is 42.5 Å². The number of likely N-dealkylation sites (tertiary alicyclic amines) is 1. The number of carbonyl (C=O) groups is 1. The van der Waals surface area contributed by atoms with E-state index in [4.69, 9.17) is 9.47 Å². The quantitative estimate of drug-likeness (QED) is 0.842. The number of amides is 1. The molecule has 2 aliphatic heterocycles. The molecule has 2 heterocycles. The second-order valence-corrected chi connectivity index (χ2v) is 7.24. The number of hydrogen-bond acceptors (Lipinski definition) is 3. The average Bonchev–Trinajstić information content (AvgIpc) is 3.19. The molecule has 3 fully saturated rings. The van der Waals surface area contributed by atoms with Crippen molar-refractivity contribution in [2.75, 3.05) is 26.9 Å². The minimum atomic E-state index is 0.171. The Kier molecular flexibility index (Phi) is 3.80. The van der Waals surface area contributed by atoms with Gasteiger partial charge in [0.15, 0.2) is 0 Å². The molecule has 4 rings (SSSR count). The zero-order chi connectivity index (χ0) is 15.9. The van der Waals surface area contributed by atoms with Crippen molar-refractivity contribution in [2.24, 2.45) is 11.3 Å². The van der Waals surface area contributed by atoms with Gasteiger partial charge in [-0.05, 0) is 55.2 Å². The Morgan fingerprint density at radius 3 is 2.91 bits per heavy atom. The molecule has 2 saturated heterocycles. The van der Waals surface area contributed by atoms with Crippen molar-refractivity contribution in [3.05, 3.63) is 29.8 Å². The Morgan fingerprint density at radius 1 is 1.30 bits per heavy atom. The van der Waals surface area contributed by atoms with Crippen LogP contribution in [0.15, 0.2) is 24.3 Å². The van der Waals surface area contributed by atoms with Gasteiger partial charge in [-0.2, -0.15) is 0 Å². The van der Waals surface area contributed by atoms with E-state index in [1.807, 2.05) is 24.3 Å². The molecule has 1 saturated carbocycles. The van der Waals surface area contributed by atoms with Crippen molar-refractivity contribution in [3.8, 4) is 5.75 Å². The molecule has 23 heavy (non-hydrogen) atoms. The fraction of sp³-hybridized carbons (Fsp3) is 0.632. The normalized spacial score (nSPS) is 28.8. The van der Waals surface area contributed by atoms with Crippen molar-refractivity contribution in [1.29, 1.82) is 0 Å². The van der Waals surface area contributed by atoms with Gasteiger partial charge in [0, 0.05) is 31.4 Å². The molecule has 0 unspecified atom stereocenters. The molecule has 1 aromatic carbocycles. The lowest BCUT2D eigenvalue weighted by Crippen LogP contribution is -2.38. The van der Waals surface area contributed by atoms with Crippen molar-refractivity contribution in [2.45, 2.75) is 38.1 Å². The Hall–Kier alpha value is -1.55. The highest BCUT2D eigenvalue weighted by molar-refractivity contribution is 5.95. The van der Waals surface area contributed by atoms with Gasteiger partial charge >= 0.3 is 0 Å². The zero-order valence-electron chi connectivity index (χ0n) is 13.8. The first-order valence-electron chi connectivity index (χ1n) is 8.76. The number of nitrogens with zero attached hydrogens (tertiary/aromatic N) is 1. The number of benzene rings is 1. The van der Waals surface area contributed by atoms with Crippen LogP contribution < -0.4 is 4.74 Å². The highest BCUT2D eigenvalue weighted by Crippen LogP contribution is 2.54. The Balaban J connectivity index is 1.62. The van der Waals surface area contributed by atoms with Crippen molar-refractivity contribution < 1.29 is 14.3 Å². The summed E-state index contributed by atoms with van der Waals surface area (Å²) in [5.41, 5.74) is 1.05. The van der Waals surface area contributed by atoms with Gasteiger partial charge in [0.25, 0.3) is 5.91 Å². The van der Waals surface area contributed by atoms with Gasteiger partial charge in [-0.15, -0.1) is 0 Å². The monoisotopic (exact) mass is 315 g/mol. The molecular weight excluding hydrogens is 290 g/mol. The lowest BCUT2D eigenvalue weighted by molar-refractivity contribution is -0.00100. The first-order chi connectivity index (χ1) is 11.2. The topological polar surface area (TPSA) is 38.8 Å². The molecule has 124 valence electrons. The molecule has 4 nitrogen and oxygen atoms in total. The summed E-state index contributed by atoms with van der Waals surface area (Å²) in [7, 11) is 1.64. The third-order valence-electron chi connectivity index (χ3n) is 6.22. The van der Waals surface area contributed by atoms with Gasteiger partial charge in [-0.3, -0.25) is 4.79 Å².